The standard InChI is InChI=1S/C20H28N4O5S.CH4/c1-5-28-9-7-10-29-20(27)15(12-21-18(25)16-8-6-11-30-16)22-19(26)17-13(2)23-24(4)14(17)3;/h6,8,11,15H,5,7,9-10,12H2,1-4H3,(H,21,25)(H,22,26);1H4/t15-;/m0./s1. The van der Waals surface area contributed by atoms with Gasteiger partial charge in [-0.3, -0.25) is 14.3 Å². The SMILES string of the molecule is C.CCOCCCOC(=O)[C@H](CNC(=O)c1cccs1)NC(=O)c1c(C)nn(C)c1C. The Morgan fingerprint density at radius 3 is 2.55 bits per heavy atom. The van der Waals surface area contributed by atoms with E-state index in [1.54, 1.807) is 43.1 Å². The van der Waals surface area contributed by atoms with Crippen LogP contribution in [-0.2, 0) is 21.3 Å². The van der Waals surface area contributed by atoms with Gasteiger partial charge in [0, 0.05) is 38.9 Å². The minimum Gasteiger partial charge on any atom is -0.464 e. The van der Waals surface area contributed by atoms with Crippen LogP contribution in [0.15, 0.2) is 17.5 Å². The van der Waals surface area contributed by atoms with Gasteiger partial charge in [-0.15, -0.1) is 11.3 Å². The summed E-state index contributed by atoms with van der Waals surface area (Å²) in [5.41, 5.74) is 1.63. The van der Waals surface area contributed by atoms with Crippen LogP contribution in [0.25, 0.3) is 0 Å². The molecule has 0 spiro atoms. The van der Waals surface area contributed by atoms with E-state index in [1.165, 1.54) is 11.3 Å². The van der Waals surface area contributed by atoms with Crippen LogP contribution in [0.4, 0.5) is 0 Å². The minimum absolute atomic E-state index is 0. The van der Waals surface area contributed by atoms with E-state index in [1.807, 2.05) is 6.92 Å². The highest BCUT2D eigenvalue weighted by atomic mass is 32.1. The summed E-state index contributed by atoms with van der Waals surface area (Å²) in [5, 5.41) is 11.4. The average Bonchev–Trinajstić information content (AvgIpc) is 3.33. The maximum atomic E-state index is 12.8. The van der Waals surface area contributed by atoms with Crippen molar-refractivity contribution in [2.75, 3.05) is 26.4 Å². The first-order valence-electron chi connectivity index (χ1n) is 9.72. The summed E-state index contributed by atoms with van der Waals surface area (Å²) in [6.45, 7) is 6.52. The van der Waals surface area contributed by atoms with Crippen molar-refractivity contribution >= 4 is 29.1 Å². The zero-order valence-electron chi connectivity index (χ0n) is 17.7. The third kappa shape index (κ3) is 7.48. The highest BCUT2D eigenvalue weighted by Crippen LogP contribution is 2.12. The van der Waals surface area contributed by atoms with Gasteiger partial charge in [-0.1, -0.05) is 13.5 Å². The minimum atomic E-state index is -1.03. The van der Waals surface area contributed by atoms with Gasteiger partial charge >= 0.3 is 5.97 Å². The second-order valence-corrected chi connectivity index (χ2v) is 7.55. The van der Waals surface area contributed by atoms with E-state index < -0.39 is 17.9 Å². The Hall–Kier alpha value is -2.72. The van der Waals surface area contributed by atoms with Crippen LogP contribution in [-0.4, -0.2) is 60.0 Å². The number of nitrogens with one attached hydrogen (secondary N) is 2. The number of ether oxygens (including phenoxy) is 2. The lowest BCUT2D eigenvalue weighted by molar-refractivity contribution is -0.146. The molecular formula is C21H32N4O5S. The van der Waals surface area contributed by atoms with E-state index in [4.69, 9.17) is 9.47 Å². The van der Waals surface area contributed by atoms with Crippen molar-refractivity contribution in [2.24, 2.45) is 7.05 Å². The largest absolute Gasteiger partial charge is 0.464 e. The zero-order chi connectivity index (χ0) is 22.1. The van der Waals surface area contributed by atoms with E-state index >= 15 is 0 Å². The summed E-state index contributed by atoms with van der Waals surface area (Å²) in [4.78, 5) is 38.1. The summed E-state index contributed by atoms with van der Waals surface area (Å²) in [7, 11) is 1.74. The predicted molar refractivity (Wildman–Crippen MR) is 119 cm³/mol. The molecule has 0 aromatic carbocycles. The zero-order valence-corrected chi connectivity index (χ0v) is 18.5. The smallest absolute Gasteiger partial charge is 0.330 e. The molecule has 10 heteroatoms. The van der Waals surface area contributed by atoms with Crippen LogP contribution in [0.1, 0.15) is 52.2 Å². The Labute approximate surface area is 187 Å². The van der Waals surface area contributed by atoms with Crippen molar-refractivity contribution in [2.45, 2.75) is 40.7 Å². The number of rotatable bonds is 11. The van der Waals surface area contributed by atoms with Crippen LogP contribution in [0.5, 0.6) is 0 Å². The number of carbonyl (C=O) groups excluding carboxylic acids is 3. The van der Waals surface area contributed by atoms with Crippen LogP contribution in [0, 0.1) is 13.8 Å². The highest BCUT2D eigenvalue weighted by molar-refractivity contribution is 7.12. The maximum Gasteiger partial charge on any atom is 0.330 e. The van der Waals surface area contributed by atoms with E-state index in [2.05, 4.69) is 15.7 Å². The van der Waals surface area contributed by atoms with Crippen LogP contribution < -0.4 is 10.6 Å². The third-order valence-electron chi connectivity index (χ3n) is 4.42. The van der Waals surface area contributed by atoms with Gasteiger partial charge in [0.05, 0.1) is 22.7 Å². The molecule has 0 saturated carbocycles. The number of nitrogens with zero attached hydrogens (tertiary/aromatic N) is 2. The van der Waals surface area contributed by atoms with Gasteiger partial charge in [-0.2, -0.15) is 5.10 Å². The summed E-state index contributed by atoms with van der Waals surface area (Å²) in [6, 6.07) is 2.41. The third-order valence-corrected chi connectivity index (χ3v) is 5.29. The molecule has 0 bridgehead atoms. The molecule has 2 amide bonds. The Kier molecular flexibility index (Phi) is 10.9. The fraction of sp³-hybridized carbons (Fsp3) is 0.524. The molecule has 0 unspecified atom stereocenters. The number of hydrogen-bond donors (Lipinski definition) is 2. The summed E-state index contributed by atoms with van der Waals surface area (Å²) < 4.78 is 12.1. The predicted octanol–water partition coefficient (Wildman–Crippen LogP) is 2.23. The molecule has 2 heterocycles. The lowest BCUT2D eigenvalue weighted by Crippen LogP contribution is -2.49. The topological polar surface area (TPSA) is 112 Å². The van der Waals surface area contributed by atoms with Crippen LogP contribution in [0.3, 0.4) is 0 Å². The number of amides is 2. The summed E-state index contributed by atoms with van der Waals surface area (Å²) in [6.07, 6.45) is 0.544. The molecule has 1 atom stereocenters. The molecular weight excluding hydrogens is 420 g/mol. The number of hydrogen-bond acceptors (Lipinski definition) is 7. The van der Waals surface area contributed by atoms with Gasteiger partial charge in [0.2, 0.25) is 0 Å². The molecule has 31 heavy (non-hydrogen) atoms. The first-order chi connectivity index (χ1) is 14.3. The van der Waals surface area contributed by atoms with Crippen LogP contribution in [0.2, 0.25) is 0 Å². The van der Waals surface area contributed by atoms with Gasteiger partial charge < -0.3 is 20.1 Å². The quantitative estimate of drug-likeness (QED) is 0.399. The fourth-order valence-electron chi connectivity index (χ4n) is 2.79. The first-order valence-corrected chi connectivity index (χ1v) is 10.6. The van der Waals surface area contributed by atoms with Gasteiger partial charge in [0.1, 0.15) is 6.04 Å². The van der Waals surface area contributed by atoms with Crippen molar-refractivity contribution in [3.8, 4) is 0 Å². The second kappa shape index (κ2) is 12.9. The molecule has 0 aliphatic rings. The number of aromatic nitrogens is 2. The van der Waals surface area contributed by atoms with Gasteiger partial charge in [0.15, 0.2) is 0 Å². The van der Waals surface area contributed by atoms with Crippen molar-refractivity contribution in [1.82, 2.24) is 20.4 Å². The van der Waals surface area contributed by atoms with Crippen LogP contribution >= 0.6 is 11.3 Å². The second-order valence-electron chi connectivity index (χ2n) is 6.60. The van der Waals surface area contributed by atoms with E-state index in [9.17, 15) is 14.4 Å². The van der Waals surface area contributed by atoms with Gasteiger partial charge in [0.25, 0.3) is 11.8 Å². The number of thiophene rings is 1. The van der Waals surface area contributed by atoms with Gasteiger partial charge in [-0.05, 0) is 32.2 Å². The summed E-state index contributed by atoms with van der Waals surface area (Å²) in [5.74, 6) is -1.38. The lowest BCUT2D eigenvalue weighted by Gasteiger charge is -2.18. The Morgan fingerprint density at radius 1 is 1.23 bits per heavy atom. The molecule has 0 aliphatic carbocycles. The van der Waals surface area contributed by atoms with Crippen molar-refractivity contribution in [3.63, 3.8) is 0 Å². The molecule has 2 rings (SSSR count). The molecule has 2 N–H and O–H groups in total. The highest BCUT2D eigenvalue weighted by Gasteiger charge is 2.26. The van der Waals surface area contributed by atoms with E-state index in [0.717, 1.165) is 0 Å². The lowest BCUT2D eigenvalue weighted by atomic mass is 10.1. The molecule has 0 saturated heterocycles. The van der Waals surface area contributed by atoms with E-state index in [0.29, 0.717) is 41.5 Å². The fourth-order valence-corrected chi connectivity index (χ4v) is 3.43. The molecule has 2 aromatic heterocycles. The van der Waals surface area contributed by atoms with Crippen molar-refractivity contribution < 1.29 is 23.9 Å². The number of carbonyl (C=O) groups is 3. The number of aryl methyl sites for hydroxylation is 2. The monoisotopic (exact) mass is 452 g/mol. The molecule has 2 aromatic rings. The Balaban J connectivity index is 0.00000480. The Bertz CT molecular complexity index is 864. The normalized spacial score (nSPS) is 11.4. The molecule has 9 nitrogen and oxygen atoms in total. The van der Waals surface area contributed by atoms with Crippen molar-refractivity contribution in [1.29, 1.82) is 0 Å². The molecule has 172 valence electrons. The first kappa shape index (κ1) is 26.3. The van der Waals surface area contributed by atoms with Crippen molar-refractivity contribution in [3.05, 3.63) is 39.3 Å². The van der Waals surface area contributed by atoms with E-state index in [-0.39, 0.29) is 26.5 Å². The maximum absolute atomic E-state index is 12.8. The molecule has 0 radical (unpaired) electrons. The molecule has 0 aliphatic heterocycles. The number of esters is 1. The summed E-state index contributed by atoms with van der Waals surface area (Å²) >= 11 is 1.29. The van der Waals surface area contributed by atoms with Gasteiger partial charge in [-0.25, -0.2) is 4.79 Å². The average molecular weight is 453 g/mol. The molecule has 0 fully saturated rings. The Morgan fingerprint density at radius 2 is 1.97 bits per heavy atom.